The fourth-order valence-electron chi connectivity index (χ4n) is 1.18. The van der Waals surface area contributed by atoms with E-state index in [1.807, 2.05) is 6.92 Å². The van der Waals surface area contributed by atoms with Crippen LogP contribution in [0.2, 0.25) is 6.04 Å². The van der Waals surface area contributed by atoms with Crippen LogP contribution >= 0.6 is 0 Å². The lowest BCUT2D eigenvalue weighted by atomic mass is 10.1. The van der Waals surface area contributed by atoms with Gasteiger partial charge < -0.3 is 20.1 Å². The first-order valence-corrected chi connectivity index (χ1v) is 6.89. The van der Waals surface area contributed by atoms with E-state index in [1.54, 1.807) is 0 Å². The maximum atomic E-state index is 8.69. The van der Waals surface area contributed by atoms with Crippen molar-refractivity contribution in [3.63, 3.8) is 0 Å². The molecule has 0 amide bonds. The highest BCUT2D eigenvalue weighted by atomic mass is 28.4. The molecule has 1 atom stereocenters. The van der Waals surface area contributed by atoms with Crippen molar-refractivity contribution in [1.82, 2.24) is 0 Å². The molecular formula is C8H21NO3Si. The molecule has 0 aromatic heterocycles. The topological polar surface area (TPSA) is 86.7 Å². The average Bonchev–Trinajstić information content (AvgIpc) is 1.93. The van der Waals surface area contributed by atoms with Gasteiger partial charge in [-0.2, -0.15) is 0 Å². The van der Waals surface area contributed by atoms with Gasteiger partial charge >= 0.3 is 8.80 Å². The standard InChI is InChI=1S/C8H21NO3Si/c1-8(9)6-4-2-3-5-7-13(10,11)12/h8,10-12H,2-7,9H2,1H3. The highest BCUT2D eigenvalue weighted by molar-refractivity contribution is 6.56. The molecule has 0 saturated heterocycles. The van der Waals surface area contributed by atoms with Gasteiger partial charge in [-0.05, 0) is 19.8 Å². The fraction of sp³-hybridized carbons (Fsp3) is 1.00. The second-order valence-corrected chi connectivity index (χ2v) is 5.75. The Kier molecular flexibility index (Phi) is 6.53. The van der Waals surface area contributed by atoms with E-state index in [0.29, 0.717) is 6.42 Å². The lowest BCUT2D eigenvalue weighted by Crippen LogP contribution is -2.33. The minimum atomic E-state index is -3.76. The lowest BCUT2D eigenvalue weighted by molar-refractivity contribution is 0.226. The van der Waals surface area contributed by atoms with E-state index in [0.717, 1.165) is 25.7 Å². The van der Waals surface area contributed by atoms with Crippen LogP contribution in [0.3, 0.4) is 0 Å². The normalized spacial score (nSPS) is 14.5. The second kappa shape index (κ2) is 6.50. The van der Waals surface area contributed by atoms with Gasteiger partial charge in [-0.1, -0.05) is 19.3 Å². The molecule has 0 aromatic carbocycles. The molecule has 0 spiro atoms. The van der Waals surface area contributed by atoms with Crippen LogP contribution < -0.4 is 5.73 Å². The first kappa shape index (κ1) is 13.1. The predicted octanol–water partition coefficient (Wildman–Crippen LogP) is 0.200. The number of hydrogen-bond acceptors (Lipinski definition) is 4. The van der Waals surface area contributed by atoms with E-state index >= 15 is 0 Å². The largest absolute Gasteiger partial charge is 0.492 e. The summed E-state index contributed by atoms with van der Waals surface area (Å²) < 4.78 is 0. The zero-order chi connectivity index (χ0) is 10.3. The molecule has 0 saturated carbocycles. The van der Waals surface area contributed by atoms with E-state index < -0.39 is 8.80 Å². The average molecular weight is 207 g/mol. The highest BCUT2D eigenvalue weighted by Crippen LogP contribution is 2.10. The van der Waals surface area contributed by atoms with E-state index in [9.17, 15) is 0 Å². The van der Waals surface area contributed by atoms with Crippen molar-refractivity contribution in [2.45, 2.75) is 51.1 Å². The third-order valence-electron chi connectivity index (χ3n) is 1.92. The fourth-order valence-corrected chi connectivity index (χ4v) is 1.91. The molecule has 5 heteroatoms. The first-order chi connectivity index (χ1) is 5.92. The lowest BCUT2D eigenvalue weighted by Gasteiger charge is -2.08. The maximum Gasteiger partial charge on any atom is 0.492 e. The molecule has 0 fully saturated rings. The van der Waals surface area contributed by atoms with Crippen molar-refractivity contribution in [2.75, 3.05) is 0 Å². The molecule has 0 aliphatic rings. The number of unbranched alkanes of at least 4 members (excludes halogenated alkanes) is 3. The van der Waals surface area contributed by atoms with Gasteiger partial charge in [-0.25, -0.2) is 0 Å². The quantitative estimate of drug-likeness (QED) is 0.355. The Morgan fingerprint density at radius 2 is 1.62 bits per heavy atom. The Bertz CT molecular complexity index is 125. The molecule has 0 aromatic rings. The van der Waals surface area contributed by atoms with Gasteiger partial charge in [0, 0.05) is 12.1 Å². The van der Waals surface area contributed by atoms with Crippen molar-refractivity contribution in [1.29, 1.82) is 0 Å². The summed E-state index contributed by atoms with van der Waals surface area (Å²) in [6, 6.07) is 0.410. The summed E-state index contributed by atoms with van der Waals surface area (Å²) in [6.07, 6.45) is 4.76. The van der Waals surface area contributed by atoms with Crippen molar-refractivity contribution >= 4 is 8.80 Å². The van der Waals surface area contributed by atoms with Gasteiger partial charge in [0.25, 0.3) is 0 Å². The van der Waals surface area contributed by atoms with E-state index in [2.05, 4.69) is 0 Å². The smallest absolute Gasteiger partial charge is 0.390 e. The molecule has 80 valence electrons. The van der Waals surface area contributed by atoms with Crippen LogP contribution in [0.25, 0.3) is 0 Å². The van der Waals surface area contributed by atoms with Crippen molar-refractivity contribution in [2.24, 2.45) is 5.73 Å². The number of nitrogens with two attached hydrogens (primary N) is 1. The monoisotopic (exact) mass is 207 g/mol. The van der Waals surface area contributed by atoms with Crippen LogP contribution in [0.1, 0.15) is 39.0 Å². The van der Waals surface area contributed by atoms with Crippen LogP contribution in [0.15, 0.2) is 0 Å². The van der Waals surface area contributed by atoms with Crippen molar-refractivity contribution in [3.05, 3.63) is 0 Å². The van der Waals surface area contributed by atoms with Gasteiger partial charge in [0.05, 0.1) is 0 Å². The van der Waals surface area contributed by atoms with Gasteiger partial charge in [0.1, 0.15) is 0 Å². The molecular weight excluding hydrogens is 186 g/mol. The van der Waals surface area contributed by atoms with E-state index in [-0.39, 0.29) is 12.1 Å². The Hall–Kier alpha value is 0.0569. The zero-order valence-electron chi connectivity index (χ0n) is 8.24. The summed E-state index contributed by atoms with van der Waals surface area (Å²) in [7, 11) is -3.76. The predicted molar refractivity (Wildman–Crippen MR) is 54.0 cm³/mol. The Morgan fingerprint density at radius 1 is 1.08 bits per heavy atom. The molecule has 1 unspecified atom stereocenters. The van der Waals surface area contributed by atoms with Crippen LogP contribution in [0, 0.1) is 0 Å². The third-order valence-corrected chi connectivity index (χ3v) is 2.95. The van der Waals surface area contributed by atoms with Crippen LogP contribution in [0.5, 0.6) is 0 Å². The van der Waals surface area contributed by atoms with Crippen LogP contribution in [-0.2, 0) is 0 Å². The molecule has 0 aliphatic carbocycles. The summed E-state index contributed by atoms with van der Waals surface area (Å²) in [4.78, 5) is 26.1. The molecule has 5 N–H and O–H groups in total. The molecule has 0 bridgehead atoms. The first-order valence-electron chi connectivity index (χ1n) is 4.84. The van der Waals surface area contributed by atoms with Gasteiger partial charge in [0.2, 0.25) is 0 Å². The van der Waals surface area contributed by atoms with Crippen LogP contribution in [0.4, 0.5) is 0 Å². The highest BCUT2D eigenvalue weighted by Gasteiger charge is 2.25. The minimum absolute atomic E-state index is 0.158. The van der Waals surface area contributed by atoms with E-state index in [4.69, 9.17) is 20.1 Å². The molecule has 0 heterocycles. The Morgan fingerprint density at radius 3 is 2.08 bits per heavy atom. The zero-order valence-corrected chi connectivity index (χ0v) is 9.24. The molecule has 0 rings (SSSR count). The summed E-state index contributed by atoms with van der Waals surface area (Å²) in [5.41, 5.74) is 5.56. The number of hydrogen-bond donors (Lipinski definition) is 4. The van der Waals surface area contributed by atoms with Crippen molar-refractivity contribution < 1.29 is 14.4 Å². The third kappa shape index (κ3) is 12.1. The molecule has 0 radical (unpaired) electrons. The van der Waals surface area contributed by atoms with Crippen molar-refractivity contribution in [3.8, 4) is 0 Å². The van der Waals surface area contributed by atoms with Crippen LogP contribution in [-0.4, -0.2) is 29.2 Å². The van der Waals surface area contributed by atoms with Gasteiger partial charge in [-0.3, -0.25) is 0 Å². The number of rotatable bonds is 7. The SMILES string of the molecule is CC(N)CCCCCC[Si](O)(O)O. The summed E-state index contributed by atoms with van der Waals surface area (Å²) in [5, 5.41) is 0. The summed E-state index contributed by atoms with van der Waals surface area (Å²) >= 11 is 0. The molecule has 4 nitrogen and oxygen atoms in total. The molecule has 13 heavy (non-hydrogen) atoms. The Labute approximate surface area is 80.8 Å². The van der Waals surface area contributed by atoms with Gasteiger partial charge in [0.15, 0.2) is 0 Å². The second-order valence-electron chi connectivity index (χ2n) is 3.70. The molecule has 0 aliphatic heterocycles. The summed E-state index contributed by atoms with van der Waals surface area (Å²) in [6.45, 7) is 1.98. The van der Waals surface area contributed by atoms with E-state index in [1.165, 1.54) is 0 Å². The minimum Gasteiger partial charge on any atom is -0.390 e. The maximum absolute atomic E-state index is 8.69. The Balaban J connectivity index is 3.09. The van der Waals surface area contributed by atoms with Gasteiger partial charge in [-0.15, -0.1) is 0 Å². The summed E-state index contributed by atoms with van der Waals surface area (Å²) in [5.74, 6) is 0.